The zero-order valence-corrected chi connectivity index (χ0v) is 7.12. The minimum Gasteiger partial charge on any atom is -0.322 e. The lowest BCUT2D eigenvalue weighted by molar-refractivity contribution is 0.720. The van der Waals surface area contributed by atoms with Gasteiger partial charge in [-0.15, -0.1) is 0 Å². The van der Waals surface area contributed by atoms with Gasteiger partial charge in [0.1, 0.15) is 0 Å². The van der Waals surface area contributed by atoms with Crippen LogP contribution in [-0.4, -0.2) is 4.98 Å². The molecule has 4 heteroatoms. The maximum absolute atomic E-state index is 8.37. The molecule has 1 unspecified atom stereocenters. The zero-order chi connectivity index (χ0) is 8.97. The van der Waals surface area contributed by atoms with Crippen LogP contribution in [0, 0.1) is 11.3 Å². The molecule has 0 aliphatic carbocycles. The van der Waals surface area contributed by atoms with E-state index in [-0.39, 0.29) is 12.5 Å². The van der Waals surface area contributed by atoms with Gasteiger partial charge in [0, 0.05) is 6.20 Å². The maximum atomic E-state index is 8.37. The molecule has 62 valence electrons. The van der Waals surface area contributed by atoms with Gasteiger partial charge in [0.2, 0.25) is 0 Å². The van der Waals surface area contributed by atoms with Crippen molar-refractivity contribution < 1.29 is 0 Å². The van der Waals surface area contributed by atoms with Gasteiger partial charge < -0.3 is 5.73 Å². The summed E-state index contributed by atoms with van der Waals surface area (Å²) in [4.78, 5) is 3.99. The molecule has 0 aliphatic rings. The number of nitrogens with zero attached hydrogens (tertiary/aromatic N) is 2. The van der Waals surface area contributed by atoms with E-state index in [2.05, 4.69) is 4.98 Å². The molecule has 1 atom stereocenters. The van der Waals surface area contributed by atoms with Crippen molar-refractivity contribution in [2.45, 2.75) is 12.5 Å². The molecule has 12 heavy (non-hydrogen) atoms. The van der Waals surface area contributed by atoms with Crippen LogP contribution in [0.3, 0.4) is 0 Å². The molecule has 0 saturated carbocycles. The summed E-state index contributed by atoms with van der Waals surface area (Å²) in [5, 5.41) is 8.94. The van der Waals surface area contributed by atoms with Crippen LogP contribution in [0.1, 0.15) is 18.2 Å². The van der Waals surface area contributed by atoms with Gasteiger partial charge in [-0.2, -0.15) is 5.26 Å². The Kier molecular flexibility index (Phi) is 3.03. The van der Waals surface area contributed by atoms with Crippen LogP contribution < -0.4 is 5.73 Å². The first-order valence-electron chi connectivity index (χ1n) is 3.48. The highest BCUT2D eigenvalue weighted by molar-refractivity contribution is 6.30. The van der Waals surface area contributed by atoms with Gasteiger partial charge in [0.25, 0.3) is 0 Å². The summed E-state index contributed by atoms with van der Waals surface area (Å²) in [5.41, 5.74) is 6.32. The third-order valence-corrected chi connectivity index (χ3v) is 1.66. The fourth-order valence-electron chi connectivity index (χ4n) is 0.810. The van der Waals surface area contributed by atoms with Gasteiger partial charge in [-0.3, -0.25) is 4.98 Å². The SMILES string of the molecule is N#CCC(N)c1ccc(Cl)cn1. The van der Waals surface area contributed by atoms with Gasteiger partial charge in [-0.25, -0.2) is 0 Å². The number of rotatable bonds is 2. The molecule has 1 heterocycles. The zero-order valence-electron chi connectivity index (χ0n) is 6.37. The van der Waals surface area contributed by atoms with Crippen molar-refractivity contribution >= 4 is 11.6 Å². The molecule has 0 radical (unpaired) electrons. The van der Waals surface area contributed by atoms with E-state index >= 15 is 0 Å². The van der Waals surface area contributed by atoms with E-state index in [1.54, 1.807) is 12.1 Å². The molecule has 2 N–H and O–H groups in total. The van der Waals surface area contributed by atoms with Crippen LogP contribution in [0.15, 0.2) is 18.3 Å². The van der Waals surface area contributed by atoms with Gasteiger partial charge in [-0.05, 0) is 12.1 Å². The lowest BCUT2D eigenvalue weighted by Crippen LogP contribution is -2.10. The average Bonchev–Trinajstić information content (AvgIpc) is 2.06. The Morgan fingerprint density at radius 1 is 1.67 bits per heavy atom. The molecule has 0 aliphatic heterocycles. The van der Waals surface area contributed by atoms with Gasteiger partial charge in [0.05, 0.1) is 29.2 Å². The Bertz CT molecular complexity index is 288. The van der Waals surface area contributed by atoms with E-state index in [0.29, 0.717) is 10.7 Å². The molecule has 3 nitrogen and oxygen atoms in total. The average molecular weight is 182 g/mol. The standard InChI is InChI=1S/C8H8ClN3/c9-6-1-2-8(12-5-6)7(11)3-4-10/h1-2,5,7H,3,11H2. The molecule has 0 saturated heterocycles. The van der Waals surface area contributed by atoms with Crippen LogP contribution >= 0.6 is 11.6 Å². The maximum Gasteiger partial charge on any atom is 0.0642 e. The van der Waals surface area contributed by atoms with Crippen molar-refractivity contribution in [2.24, 2.45) is 5.73 Å². The van der Waals surface area contributed by atoms with E-state index in [4.69, 9.17) is 22.6 Å². The summed E-state index contributed by atoms with van der Waals surface area (Å²) in [6.07, 6.45) is 1.79. The summed E-state index contributed by atoms with van der Waals surface area (Å²) in [6.45, 7) is 0. The molecular formula is C8H8ClN3. The number of aromatic nitrogens is 1. The van der Waals surface area contributed by atoms with E-state index in [0.717, 1.165) is 0 Å². The number of hydrogen-bond acceptors (Lipinski definition) is 3. The van der Waals surface area contributed by atoms with Crippen LogP contribution in [0.2, 0.25) is 5.02 Å². The minimum atomic E-state index is -0.313. The normalized spacial score (nSPS) is 12.1. The highest BCUT2D eigenvalue weighted by Gasteiger charge is 2.05. The molecule has 1 rings (SSSR count). The van der Waals surface area contributed by atoms with E-state index < -0.39 is 0 Å². The largest absolute Gasteiger partial charge is 0.322 e. The first-order valence-corrected chi connectivity index (χ1v) is 3.86. The first-order chi connectivity index (χ1) is 5.74. The summed E-state index contributed by atoms with van der Waals surface area (Å²) in [7, 11) is 0. The van der Waals surface area contributed by atoms with Crippen molar-refractivity contribution in [2.75, 3.05) is 0 Å². The van der Waals surface area contributed by atoms with Crippen LogP contribution in [0.25, 0.3) is 0 Å². The number of hydrogen-bond donors (Lipinski definition) is 1. The number of pyridine rings is 1. The molecule has 0 amide bonds. The van der Waals surface area contributed by atoms with Gasteiger partial charge in [0.15, 0.2) is 0 Å². The predicted molar refractivity (Wildman–Crippen MR) is 46.4 cm³/mol. The third kappa shape index (κ3) is 2.19. The van der Waals surface area contributed by atoms with Gasteiger partial charge in [-0.1, -0.05) is 11.6 Å². The highest BCUT2D eigenvalue weighted by atomic mass is 35.5. The van der Waals surface area contributed by atoms with Crippen LogP contribution in [-0.2, 0) is 0 Å². The summed E-state index contributed by atoms with van der Waals surface area (Å²) in [5.74, 6) is 0. The topological polar surface area (TPSA) is 62.7 Å². The lowest BCUT2D eigenvalue weighted by atomic mass is 10.1. The minimum absolute atomic E-state index is 0.272. The molecule has 0 aromatic carbocycles. The Labute approximate surface area is 75.8 Å². The number of nitrogens with two attached hydrogens (primary N) is 1. The highest BCUT2D eigenvalue weighted by Crippen LogP contribution is 2.13. The lowest BCUT2D eigenvalue weighted by Gasteiger charge is -2.05. The third-order valence-electron chi connectivity index (χ3n) is 1.44. The van der Waals surface area contributed by atoms with Crippen LogP contribution in [0.4, 0.5) is 0 Å². The Morgan fingerprint density at radius 3 is 2.92 bits per heavy atom. The molecule has 1 aromatic rings. The van der Waals surface area contributed by atoms with E-state index in [9.17, 15) is 0 Å². The van der Waals surface area contributed by atoms with E-state index in [1.807, 2.05) is 6.07 Å². The van der Waals surface area contributed by atoms with Crippen molar-refractivity contribution in [1.29, 1.82) is 5.26 Å². The molecule has 0 spiro atoms. The smallest absolute Gasteiger partial charge is 0.0642 e. The monoisotopic (exact) mass is 181 g/mol. The first kappa shape index (κ1) is 8.98. The van der Waals surface area contributed by atoms with Crippen molar-refractivity contribution in [3.05, 3.63) is 29.0 Å². The van der Waals surface area contributed by atoms with Crippen molar-refractivity contribution in [3.63, 3.8) is 0 Å². The molecule has 0 bridgehead atoms. The second-order valence-corrected chi connectivity index (χ2v) is 2.81. The second kappa shape index (κ2) is 4.05. The molecular weight excluding hydrogens is 174 g/mol. The van der Waals surface area contributed by atoms with Crippen LogP contribution in [0.5, 0.6) is 0 Å². The van der Waals surface area contributed by atoms with Gasteiger partial charge >= 0.3 is 0 Å². The fourth-order valence-corrected chi connectivity index (χ4v) is 0.921. The molecule has 1 aromatic heterocycles. The fraction of sp³-hybridized carbons (Fsp3) is 0.250. The Balaban J connectivity index is 2.76. The predicted octanol–water partition coefficient (Wildman–Crippen LogP) is 1.65. The summed E-state index contributed by atoms with van der Waals surface area (Å²) < 4.78 is 0. The number of nitriles is 1. The van der Waals surface area contributed by atoms with Crippen molar-refractivity contribution in [3.8, 4) is 6.07 Å². The summed E-state index contributed by atoms with van der Waals surface area (Å²) >= 11 is 5.63. The quantitative estimate of drug-likeness (QED) is 0.755. The Morgan fingerprint density at radius 2 is 2.42 bits per heavy atom. The molecule has 0 fully saturated rings. The summed E-state index contributed by atoms with van der Waals surface area (Å²) in [6, 6.07) is 5.11. The number of halogens is 1. The Hall–Kier alpha value is -1.11. The van der Waals surface area contributed by atoms with Crippen molar-refractivity contribution in [1.82, 2.24) is 4.98 Å². The second-order valence-electron chi connectivity index (χ2n) is 2.37. The van der Waals surface area contributed by atoms with E-state index in [1.165, 1.54) is 6.20 Å².